The Morgan fingerprint density at radius 3 is 2.87 bits per heavy atom. The van der Waals surface area contributed by atoms with E-state index in [1.807, 2.05) is 24.3 Å². The number of hydrogen-bond donors (Lipinski definition) is 2. The van der Waals surface area contributed by atoms with E-state index in [0.29, 0.717) is 21.0 Å². The van der Waals surface area contributed by atoms with Gasteiger partial charge in [0.15, 0.2) is 0 Å². The largest absolute Gasteiger partial charge is 0.496 e. The first-order chi connectivity index (χ1) is 11.0. The van der Waals surface area contributed by atoms with Crippen LogP contribution in [0.1, 0.15) is 26.4 Å². The van der Waals surface area contributed by atoms with Gasteiger partial charge in [0.1, 0.15) is 21.7 Å². The minimum atomic E-state index is -0.389. The molecule has 0 atom stereocenters. The molecule has 0 bridgehead atoms. The number of nitriles is 1. The molecule has 6 nitrogen and oxygen atoms in total. The molecule has 0 aliphatic heterocycles. The highest BCUT2D eigenvalue weighted by Gasteiger charge is 2.18. The lowest BCUT2D eigenvalue weighted by Gasteiger charge is -2.03. The van der Waals surface area contributed by atoms with Gasteiger partial charge in [-0.2, -0.15) is 10.4 Å². The van der Waals surface area contributed by atoms with Crippen molar-refractivity contribution in [3.63, 3.8) is 0 Å². The van der Waals surface area contributed by atoms with Crippen LogP contribution in [0.25, 0.3) is 0 Å². The summed E-state index contributed by atoms with van der Waals surface area (Å²) in [6.45, 7) is 1.69. The van der Waals surface area contributed by atoms with E-state index in [-0.39, 0.29) is 5.91 Å². The molecule has 2 aromatic rings. The summed E-state index contributed by atoms with van der Waals surface area (Å²) >= 11 is 3.24. The maximum atomic E-state index is 12.1. The van der Waals surface area contributed by atoms with E-state index in [9.17, 15) is 4.79 Å². The van der Waals surface area contributed by atoms with Crippen LogP contribution in [0.2, 0.25) is 0 Å². The van der Waals surface area contributed by atoms with Gasteiger partial charge in [0.2, 0.25) is 0 Å². The Morgan fingerprint density at radius 1 is 1.57 bits per heavy atom. The van der Waals surface area contributed by atoms with Gasteiger partial charge in [0.05, 0.1) is 22.5 Å². The maximum Gasteiger partial charge on any atom is 0.281 e. The number of benzene rings is 1. The Hall–Kier alpha value is -2.12. The SMILES string of the molecule is COc1ccc(C=NNC(=O)c2sc(N)c(C#N)c2C)cc1I. The number of ether oxygens (including phenoxy) is 1. The highest BCUT2D eigenvalue weighted by atomic mass is 127. The van der Waals surface area contributed by atoms with Crippen LogP contribution in [0.15, 0.2) is 23.3 Å². The van der Waals surface area contributed by atoms with Gasteiger partial charge in [-0.1, -0.05) is 0 Å². The quantitative estimate of drug-likeness (QED) is 0.434. The third-order valence-electron chi connectivity index (χ3n) is 3.05. The summed E-state index contributed by atoms with van der Waals surface area (Å²) < 4.78 is 6.12. The average molecular weight is 440 g/mol. The molecule has 8 heteroatoms. The van der Waals surface area contributed by atoms with Crippen molar-refractivity contribution in [1.82, 2.24) is 5.43 Å². The molecule has 0 saturated carbocycles. The van der Waals surface area contributed by atoms with Crippen molar-refractivity contribution in [2.24, 2.45) is 5.10 Å². The number of rotatable bonds is 4. The minimum absolute atomic E-state index is 0.337. The number of nitrogens with two attached hydrogens (primary N) is 1. The van der Waals surface area contributed by atoms with Crippen molar-refractivity contribution in [3.8, 4) is 11.8 Å². The standard InChI is InChI=1S/C15H13IN4O2S/c1-8-10(6-17)14(18)23-13(8)15(21)20-19-7-9-3-4-12(22-2)11(16)5-9/h3-5,7H,18H2,1-2H3,(H,20,21). The van der Waals surface area contributed by atoms with Crippen LogP contribution in [0.5, 0.6) is 5.75 Å². The first-order valence-corrected chi connectivity index (χ1v) is 8.33. The van der Waals surface area contributed by atoms with Gasteiger partial charge < -0.3 is 10.5 Å². The number of nitrogen functional groups attached to an aromatic ring is 1. The first kappa shape index (κ1) is 17.2. The Kier molecular flexibility index (Phi) is 5.57. The normalized spacial score (nSPS) is 10.5. The molecule has 23 heavy (non-hydrogen) atoms. The number of halogens is 1. The van der Waals surface area contributed by atoms with Crippen molar-refractivity contribution >= 4 is 51.1 Å². The van der Waals surface area contributed by atoms with Crippen LogP contribution in [-0.2, 0) is 0 Å². The summed E-state index contributed by atoms with van der Waals surface area (Å²) in [5, 5.41) is 13.3. The Bertz CT molecular complexity index is 824. The van der Waals surface area contributed by atoms with Gasteiger partial charge in [0, 0.05) is 0 Å². The third-order valence-corrected chi connectivity index (χ3v) is 5.01. The van der Waals surface area contributed by atoms with Crippen LogP contribution >= 0.6 is 33.9 Å². The second kappa shape index (κ2) is 7.43. The van der Waals surface area contributed by atoms with Gasteiger partial charge in [-0.25, -0.2) is 5.43 Å². The molecule has 118 valence electrons. The number of carbonyl (C=O) groups excluding carboxylic acids is 1. The van der Waals surface area contributed by atoms with Crippen LogP contribution in [0.3, 0.4) is 0 Å². The van der Waals surface area contributed by atoms with E-state index < -0.39 is 0 Å². The molecule has 0 aliphatic rings. The van der Waals surface area contributed by atoms with E-state index in [4.69, 9.17) is 15.7 Å². The zero-order chi connectivity index (χ0) is 17.0. The fourth-order valence-corrected chi connectivity index (χ4v) is 3.54. The average Bonchev–Trinajstić information content (AvgIpc) is 2.81. The van der Waals surface area contributed by atoms with Crippen molar-refractivity contribution in [3.05, 3.63) is 43.3 Å². The monoisotopic (exact) mass is 440 g/mol. The topological polar surface area (TPSA) is 100 Å². The lowest BCUT2D eigenvalue weighted by molar-refractivity contribution is 0.0958. The highest BCUT2D eigenvalue weighted by molar-refractivity contribution is 14.1. The molecular weight excluding hydrogens is 427 g/mol. The maximum absolute atomic E-state index is 12.1. The summed E-state index contributed by atoms with van der Waals surface area (Å²) in [5.41, 5.74) is 9.90. The van der Waals surface area contributed by atoms with Crippen molar-refractivity contribution in [1.29, 1.82) is 5.26 Å². The molecule has 0 fully saturated rings. The molecule has 2 rings (SSSR count). The molecule has 0 unspecified atom stereocenters. The Labute approximate surface area is 151 Å². The van der Waals surface area contributed by atoms with Crippen LogP contribution in [-0.4, -0.2) is 19.2 Å². The number of methoxy groups -OCH3 is 1. The molecule has 0 spiro atoms. The molecule has 1 amide bonds. The summed E-state index contributed by atoms with van der Waals surface area (Å²) in [7, 11) is 1.61. The molecule has 0 aliphatic carbocycles. The predicted octanol–water partition coefficient (Wildman–Crippen LogP) is 2.89. The van der Waals surface area contributed by atoms with E-state index >= 15 is 0 Å². The number of amides is 1. The number of hydrazone groups is 1. The summed E-state index contributed by atoms with van der Waals surface area (Å²) in [6.07, 6.45) is 1.54. The van der Waals surface area contributed by atoms with Crippen molar-refractivity contribution < 1.29 is 9.53 Å². The smallest absolute Gasteiger partial charge is 0.281 e. The predicted molar refractivity (Wildman–Crippen MR) is 99.0 cm³/mol. The molecule has 1 aromatic heterocycles. The number of anilines is 1. The van der Waals surface area contributed by atoms with Gasteiger partial charge in [-0.3, -0.25) is 4.79 Å². The summed E-state index contributed by atoms with van der Waals surface area (Å²) in [6, 6.07) is 7.54. The second-order valence-corrected chi connectivity index (χ2v) is 6.71. The van der Waals surface area contributed by atoms with Crippen LogP contribution in [0.4, 0.5) is 5.00 Å². The molecule has 1 aromatic carbocycles. The minimum Gasteiger partial charge on any atom is -0.496 e. The first-order valence-electron chi connectivity index (χ1n) is 6.43. The van der Waals surface area contributed by atoms with Gasteiger partial charge in [-0.05, 0) is 58.8 Å². The molecular formula is C15H13IN4O2S. The lowest BCUT2D eigenvalue weighted by Crippen LogP contribution is -2.17. The van der Waals surface area contributed by atoms with Crippen molar-refractivity contribution in [2.45, 2.75) is 6.92 Å². The molecule has 0 radical (unpaired) electrons. The van der Waals surface area contributed by atoms with Crippen LogP contribution < -0.4 is 15.9 Å². The van der Waals surface area contributed by atoms with Gasteiger partial charge in [0.25, 0.3) is 5.91 Å². The zero-order valence-electron chi connectivity index (χ0n) is 12.4. The molecule has 0 saturated heterocycles. The molecule has 1 heterocycles. The zero-order valence-corrected chi connectivity index (χ0v) is 15.4. The fourth-order valence-electron chi connectivity index (χ4n) is 1.87. The van der Waals surface area contributed by atoms with Crippen LogP contribution in [0, 0.1) is 21.8 Å². The lowest BCUT2D eigenvalue weighted by atomic mass is 10.2. The summed E-state index contributed by atoms with van der Waals surface area (Å²) in [4.78, 5) is 12.5. The summed E-state index contributed by atoms with van der Waals surface area (Å²) in [5.74, 6) is 0.390. The van der Waals surface area contributed by atoms with E-state index in [2.05, 4.69) is 33.1 Å². The van der Waals surface area contributed by atoms with Gasteiger partial charge >= 0.3 is 0 Å². The second-order valence-electron chi connectivity index (χ2n) is 4.50. The number of hydrogen-bond acceptors (Lipinski definition) is 6. The molecule has 3 N–H and O–H groups in total. The number of carbonyl (C=O) groups is 1. The third kappa shape index (κ3) is 3.80. The van der Waals surface area contributed by atoms with Gasteiger partial charge in [-0.15, -0.1) is 11.3 Å². The van der Waals surface area contributed by atoms with Crippen molar-refractivity contribution in [2.75, 3.05) is 12.8 Å². The Morgan fingerprint density at radius 2 is 2.30 bits per heavy atom. The number of thiophene rings is 1. The van der Waals surface area contributed by atoms with E-state index in [1.165, 1.54) is 6.21 Å². The fraction of sp³-hybridized carbons (Fsp3) is 0.133. The van der Waals surface area contributed by atoms with E-state index in [1.54, 1.807) is 14.0 Å². The Balaban J connectivity index is 2.10. The highest BCUT2D eigenvalue weighted by Crippen LogP contribution is 2.29. The number of nitrogens with one attached hydrogen (secondary N) is 1. The number of nitrogens with zero attached hydrogens (tertiary/aromatic N) is 2. The van der Waals surface area contributed by atoms with E-state index in [0.717, 1.165) is 26.2 Å².